The average Bonchev–Trinajstić information content (AvgIpc) is 3.28. The van der Waals surface area contributed by atoms with Crippen LogP contribution in [0.5, 0.6) is 5.75 Å². The topological polar surface area (TPSA) is 99.9 Å². The highest BCUT2D eigenvalue weighted by Gasteiger charge is 2.35. The third-order valence-corrected chi connectivity index (χ3v) is 7.40. The van der Waals surface area contributed by atoms with Crippen LogP contribution in [0, 0.1) is 12.8 Å². The van der Waals surface area contributed by atoms with Crippen molar-refractivity contribution in [1.29, 1.82) is 0 Å². The largest absolute Gasteiger partial charge is 0.486 e. The van der Waals surface area contributed by atoms with Crippen LogP contribution >= 0.6 is 0 Å². The minimum atomic E-state index is -4.41. The second kappa shape index (κ2) is 12.5. The molecule has 3 atom stereocenters. The molecule has 0 saturated heterocycles. The summed E-state index contributed by atoms with van der Waals surface area (Å²) in [6, 6.07) is 11.1. The molecule has 3 aromatic rings. The van der Waals surface area contributed by atoms with Gasteiger partial charge in [0.1, 0.15) is 11.8 Å². The summed E-state index contributed by atoms with van der Waals surface area (Å²) < 4.78 is 47.0. The van der Waals surface area contributed by atoms with E-state index in [4.69, 9.17) is 4.74 Å². The van der Waals surface area contributed by atoms with E-state index in [0.717, 1.165) is 12.1 Å². The number of ether oxygens (including phenoxy) is 1. The van der Waals surface area contributed by atoms with E-state index in [9.17, 15) is 27.9 Å². The standard InChI is InChI=1S/C30H36F3N5O4/c1-18-14-38(20(3)17-39)29(41)23-7-6-8-24(34-28(40)25-13-19(2)35-37(25)5)27(23)42-26(18)16-36(4)15-21-9-11-22(12-10-21)30(31,32)33/h6-13,18,20,26,39H,14-17H2,1-5H3,(H,34,40)/t18-,20+,26-/m1/s1. The van der Waals surface area contributed by atoms with Crippen LogP contribution in [0.4, 0.5) is 18.9 Å². The maximum atomic E-state index is 13.7. The predicted octanol–water partition coefficient (Wildman–Crippen LogP) is 4.35. The highest BCUT2D eigenvalue weighted by Crippen LogP contribution is 2.35. The molecule has 2 N–H and O–H groups in total. The predicted molar refractivity (Wildman–Crippen MR) is 151 cm³/mol. The van der Waals surface area contributed by atoms with Crippen LogP contribution in [0.3, 0.4) is 0 Å². The van der Waals surface area contributed by atoms with Crippen molar-refractivity contribution in [2.45, 2.75) is 45.6 Å². The highest BCUT2D eigenvalue weighted by molar-refractivity contribution is 6.06. The number of alkyl halides is 3. The molecule has 1 aliphatic heterocycles. The van der Waals surface area contributed by atoms with Gasteiger partial charge in [0.15, 0.2) is 5.75 Å². The number of aryl methyl sites for hydroxylation is 2. The number of rotatable bonds is 8. The summed E-state index contributed by atoms with van der Waals surface area (Å²) in [7, 11) is 3.50. The van der Waals surface area contributed by atoms with Crippen LogP contribution in [0.25, 0.3) is 0 Å². The van der Waals surface area contributed by atoms with Crippen LogP contribution in [0.2, 0.25) is 0 Å². The molecule has 0 spiro atoms. The third-order valence-electron chi connectivity index (χ3n) is 7.40. The van der Waals surface area contributed by atoms with E-state index in [0.29, 0.717) is 42.3 Å². The first-order valence-electron chi connectivity index (χ1n) is 13.7. The molecule has 0 fully saturated rings. The molecule has 0 unspecified atom stereocenters. The van der Waals surface area contributed by atoms with Gasteiger partial charge in [-0.1, -0.05) is 25.1 Å². The molecule has 226 valence electrons. The Labute approximate surface area is 242 Å². The lowest BCUT2D eigenvalue weighted by Gasteiger charge is -2.38. The summed E-state index contributed by atoms with van der Waals surface area (Å²) in [5.74, 6) is -0.740. The normalized spacial score (nSPS) is 18.2. The number of para-hydroxylation sites is 1. The summed E-state index contributed by atoms with van der Waals surface area (Å²) in [6.07, 6.45) is -4.88. The van der Waals surface area contributed by atoms with E-state index >= 15 is 0 Å². The van der Waals surface area contributed by atoms with Crippen molar-refractivity contribution in [2.24, 2.45) is 13.0 Å². The Hall–Kier alpha value is -3.90. The number of hydrogen-bond acceptors (Lipinski definition) is 6. The summed E-state index contributed by atoms with van der Waals surface area (Å²) in [4.78, 5) is 30.4. The quantitative estimate of drug-likeness (QED) is 0.407. The van der Waals surface area contributed by atoms with Crippen molar-refractivity contribution in [3.63, 3.8) is 0 Å². The van der Waals surface area contributed by atoms with Crippen LogP contribution in [0.1, 0.15) is 51.5 Å². The molecule has 4 rings (SSSR count). The van der Waals surface area contributed by atoms with E-state index in [2.05, 4.69) is 10.4 Å². The molecular formula is C30H36F3N5O4. The summed E-state index contributed by atoms with van der Waals surface area (Å²) in [5.41, 5.74) is 1.56. The first kappa shape index (κ1) is 31.0. The lowest BCUT2D eigenvalue weighted by molar-refractivity contribution is -0.137. The molecule has 2 aromatic carbocycles. The van der Waals surface area contributed by atoms with Crippen LogP contribution in [0.15, 0.2) is 48.5 Å². The number of amides is 2. The van der Waals surface area contributed by atoms with Gasteiger partial charge in [0.2, 0.25) is 0 Å². The maximum Gasteiger partial charge on any atom is 0.416 e. The molecular weight excluding hydrogens is 551 g/mol. The number of carbonyl (C=O) groups is 2. The van der Waals surface area contributed by atoms with Crippen molar-refractivity contribution in [2.75, 3.05) is 32.1 Å². The van der Waals surface area contributed by atoms with Gasteiger partial charge in [-0.05, 0) is 56.8 Å². The summed E-state index contributed by atoms with van der Waals surface area (Å²) in [6.45, 7) is 6.29. The smallest absolute Gasteiger partial charge is 0.416 e. The number of halogens is 3. The Bertz CT molecular complexity index is 1420. The van der Waals surface area contributed by atoms with Gasteiger partial charge in [-0.25, -0.2) is 0 Å². The fourth-order valence-corrected chi connectivity index (χ4v) is 5.05. The van der Waals surface area contributed by atoms with Gasteiger partial charge >= 0.3 is 6.18 Å². The fraction of sp³-hybridized carbons (Fsp3) is 0.433. The van der Waals surface area contributed by atoms with Gasteiger partial charge in [0.25, 0.3) is 11.8 Å². The number of nitrogens with zero attached hydrogens (tertiary/aromatic N) is 4. The second-order valence-corrected chi connectivity index (χ2v) is 10.9. The van der Waals surface area contributed by atoms with Crippen LogP contribution in [-0.4, -0.2) is 75.4 Å². The number of aliphatic hydroxyl groups excluding tert-OH is 1. The van der Waals surface area contributed by atoms with Gasteiger partial charge in [-0.3, -0.25) is 19.2 Å². The lowest BCUT2D eigenvalue weighted by Crippen LogP contribution is -2.49. The molecule has 0 saturated carbocycles. The number of nitrogens with one attached hydrogen (secondary N) is 1. The second-order valence-electron chi connectivity index (χ2n) is 10.9. The number of benzene rings is 2. The van der Waals surface area contributed by atoms with Crippen molar-refractivity contribution in [3.8, 4) is 5.75 Å². The van der Waals surface area contributed by atoms with Crippen molar-refractivity contribution in [1.82, 2.24) is 19.6 Å². The van der Waals surface area contributed by atoms with Crippen molar-refractivity contribution < 1.29 is 32.6 Å². The zero-order valence-corrected chi connectivity index (χ0v) is 24.3. The fourth-order valence-electron chi connectivity index (χ4n) is 5.05. The molecule has 2 amide bonds. The minimum Gasteiger partial charge on any atom is -0.486 e. The molecule has 0 bridgehead atoms. The number of aliphatic hydroxyl groups is 1. The van der Waals surface area contributed by atoms with Gasteiger partial charge < -0.3 is 20.1 Å². The summed E-state index contributed by atoms with van der Waals surface area (Å²) >= 11 is 0. The van der Waals surface area contributed by atoms with E-state index in [1.165, 1.54) is 16.8 Å². The number of carbonyl (C=O) groups excluding carboxylic acids is 2. The first-order chi connectivity index (χ1) is 19.8. The molecule has 1 aromatic heterocycles. The Morgan fingerprint density at radius 1 is 1.24 bits per heavy atom. The molecule has 12 heteroatoms. The van der Waals surface area contributed by atoms with E-state index in [-0.39, 0.29) is 29.7 Å². The lowest BCUT2D eigenvalue weighted by atomic mass is 9.98. The average molecular weight is 588 g/mol. The molecule has 1 aliphatic rings. The first-order valence-corrected chi connectivity index (χ1v) is 13.7. The number of anilines is 1. The Morgan fingerprint density at radius 2 is 1.93 bits per heavy atom. The van der Waals surface area contributed by atoms with E-state index in [1.54, 1.807) is 50.1 Å². The molecule has 0 radical (unpaired) electrons. The number of fused-ring (bicyclic) bond motifs is 1. The molecule has 0 aliphatic carbocycles. The Balaban J connectivity index is 1.64. The summed E-state index contributed by atoms with van der Waals surface area (Å²) in [5, 5.41) is 17.0. The maximum absolute atomic E-state index is 13.7. The number of aromatic nitrogens is 2. The van der Waals surface area contributed by atoms with Gasteiger partial charge in [-0.15, -0.1) is 0 Å². The van der Waals surface area contributed by atoms with E-state index < -0.39 is 29.8 Å². The molecule has 9 nitrogen and oxygen atoms in total. The number of likely N-dealkylation sites (N-methyl/N-ethyl adjacent to an activating group) is 1. The van der Waals surface area contributed by atoms with Gasteiger partial charge in [0.05, 0.1) is 35.2 Å². The SMILES string of the molecule is Cc1cc(C(=O)Nc2cccc3c2O[C@H](CN(C)Cc2ccc(C(F)(F)F)cc2)[C@H](C)CN([C@@H](C)CO)C3=O)n(C)n1. The Morgan fingerprint density at radius 3 is 2.52 bits per heavy atom. The van der Waals surface area contributed by atoms with Gasteiger partial charge in [0, 0.05) is 32.6 Å². The van der Waals surface area contributed by atoms with Crippen molar-refractivity contribution in [3.05, 3.63) is 76.6 Å². The van der Waals surface area contributed by atoms with Crippen molar-refractivity contribution >= 4 is 17.5 Å². The molecule has 2 heterocycles. The zero-order chi connectivity index (χ0) is 30.8. The van der Waals surface area contributed by atoms with Crippen LogP contribution in [-0.2, 0) is 19.8 Å². The third kappa shape index (κ3) is 6.93. The Kier molecular flexibility index (Phi) is 9.27. The van der Waals surface area contributed by atoms with Crippen LogP contribution < -0.4 is 10.1 Å². The number of hydrogen-bond donors (Lipinski definition) is 2. The van der Waals surface area contributed by atoms with Gasteiger partial charge in [-0.2, -0.15) is 18.3 Å². The monoisotopic (exact) mass is 587 g/mol. The molecule has 42 heavy (non-hydrogen) atoms. The minimum absolute atomic E-state index is 0.199. The highest BCUT2D eigenvalue weighted by atomic mass is 19.4. The van der Waals surface area contributed by atoms with E-state index in [1.807, 2.05) is 18.9 Å². The zero-order valence-electron chi connectivity index (χ0n) is 24.3.